The average molecular weight is 245 g/mol. The van der Waals surface area contributed by atoms with Crippen LogP contribution in [0.4, 0.5) is 5.69 Å². The van der Waals surface area contributed by atoms with Gasteiger partial charge in [-0.3, -0.25) is 4.79 Å². The van der Waals surface area contributed by atoms with Crippen LogP contribution >= 0.6 is 0 Å². The van der Waals surface area contributed by atoms with E-state index < -0.39 is 5.97 Å². The molecule has 0 spiro atoms. The number of hydrogen-bond donors (Lipinski definition) is 1. The smallest absolute Gasteiger partial charge is 0.323 e. The van der Waals surface area contributed by atoms with E-state index in [1.165, 1.54) is 0 Å². The largest absolute Gasteiger partial charge is 0.480 e. The zero-order valence-electron chi connectivity index (χ0n) is 10.4. The first-order valence-electron chi connectivity index (χ1n) is 5.58. The second kappa shape index (κ2) is 4.91. The quantitative estimate of drug-likeness (QED) is 0.890. The van der Waals surface area contributed by atoms with Gasteiger partial charge in [0.2, 0.25) is 0 Å². The van der Waals surface area contributed by atoms with Crippen molar-refractivity contribution in [3.8, 4) is 11.4 Å². The molecule has 2 rings (SSSR count). The fraction of sp³-hybridized carbons (Fsp3) is 0.231. The van der Waals surface area contributed by atoms with Gasteiger partial charge in [0.25, 0.3) is 0 Å². The average Bonchev–Trinajstić information content (AvgIpc) is 2.76. The molecule has 1 heterocycles. The molecule has 0 atom stereocenters. The van der Waals surface area contributed by atoms with E-state index in [2.05, 4.69) is 4.98 Å². The molecule has 5 heteroatoms. The summed E-state index contributed by atoms with van der Waals surface area (Å²) in [5, 5.41) is 8.82. The van der Waals surface area contributed by atoms with E-state index in [4.69, 9.17) is 5.11 Å². The van der Waals surface area contributed by atoms with Crippen LogP contribution in [0.15, 0.2) is 36.7 Å². The number of benzene rings is 1. The zero-order valence-corrected chi connectivity index (χ0v) is 10.4. The number of carbonyl (C=O) groups is 1. The fourth-order valence-corrected chi connectivity index (χ4v) is 1.75. The van der Waals surface area contributed by atoms with Gasteiger partial charge < -0.3 is 14.6 Å². The first-order chi connectivity index (χ1) is 8.58. The summed E-state index contributed by atoms with van der Waals surface area (Å²) >= 11 is 0. The molecule has 0 aliphatic carbocycles. The number of aliphatic carboxylic acids is 1. The summed E-state index contributed by atoms with van der Waals surface area (Å²) in [4.78, 5) is 16.9. The normalized spacial score (nSPS) is 10.3. The van der Waals surface area contributed by atoms with Crippen LogP contribution in [0.1, 0.15) is 0 Å². The molecule has 0 saturated heterocycles. The molecule has 94 valence electrons. The summed E-state index contributed by atoms with van der Waals surface area (Å²) in [7, 11) is 3.95. The van der Waals surface area contributed by atoms with Crippen LogP contribution in [0, 0.1) is 0 Å². The maximum Gasteiger partial charge on any atom is 0.323 e. The molecule has 5 nitrogen and oxygen atoms in total. The second-order valence-corrected chi connectivity index (χ2v) is 4.21. The lowest BCUT2D eigenvalue weighted by atomic mass is 10.2. The molecular weight excluding hydrogens is 230 g/mol. The lowest BCUT2D eigenvalue weighted by Gasteiger charge is -2.12. The van der Waals surface area contributed by atoms with Gasteiger partial charge in [-0.2, -0.15) is 0 Å². The molecule has 0 aliphatic rings. The molecule has 0 amide bonds. The van der Waals surface area contributed by atoms with Gasteiger partial charge >= 0.3 is 5.97 Å². The number of anilines is 1. The van der Waals surface area contributed by atoms with Crippen LogP contribution in [-0.4, -0.2) is 34.7 Å². The van der Waals surface area contributed by atoms with Crippen molar-refractivity contribution < 1.29 is 9.90 Å². The summed E-state index contributed by atoms with van der Waals surface area (Å²) in [5.74, 6) is -0.207. The van der Waals surface area contributed by atoms with Crippen LogP contribution in [0.3, 0.4) is 0 Å². The number of rotatable bonds is 4. The summed E-state index contributed by atoms with van der Waals surface area (Å²) in [6, 6.07) is 7.84. The minimum absolute atomic E-state index is 0.0786. The number of carboxylic acids is 1. The van der Waals surface area contributed by atoms with Gasteiger partial charge in [0, 0.05) is 37.7 Å². The molecular formula is C13H15N3O2. The summed E-state index contributed by atoms with van der Waals surface area (Å²) < 4.78 is 1.62. The number of nitrogens with zero attached hydrogens (tertiary/aromatic N) is 3. The van der Waals surface area contributed by atoms with Gasteiger partial charge in [-0.15, -0.1) is 0 Å². The van der Waals surface area contributed by atoms with Crippen molar-refractivity contribution in [3.05, 3.63) is 36.7 Å². The second-order valence-electron chi connectivity index (χ2n) is 4.21. The monoisotopic (exact) mass is 245 g/mol. The van der Waals surface area contributed by atoms with Crippen molar-refractivity contribution >= 4 is 11.7 Å². The molecule has 0 aliphatic heterocycles. The Morgan fingerprint density at radius 2 is 2.00 bits per heavy atom. The lowest BCUT2D eigenvalue weighted by molar-refractivity contribution is -0.137. The highest BCUT2D eigenvalue weighted by molar-refractivity contribution is 5.68. The predicted octanol–water partition coefficient (Wildman–Crippen LogP) is 1.70. The number of aromatic nitrogens is 2. The van der Waals surface area contributed by atoms with Crippen molar-refractivity contribution in [3.63, 3.8) is 0 Å². The first-order valence-corrected chi connectivity index (χ1v) is 5.58. The summed E-state index contributed by atoms with van der Waals surface area (Å²) in [6.07, 6.45) is 3.28. The SMILES string of the molecule is CN(C)c1ccc(-c2nccn2CC(=O)O)cc1. The van der Waals surface area contributed by atoms with Crippen molar-refractivity contribution in [2.45, 2.75) is 6.54 Å². The Morgan fingerprint density at radius 3 is 2.56 bits per heavy atom. The van der Waals surface area contributed by atoms with Gasteiger partial charge in [-0.1, -0.05) is 0 Å². The first kappa shape index (κ1) is 12.2. The van der Waals surface area contributed by atoms with Gasteiger partial charge in [0.15, 0.2) is 0 Å². The Hall–Kier alpha value is -2.30. The summed E-state index contributed by atoms with van der Waals surface area (Å²) in [5.41, 5.74) is 2.00. The van der Waals surface area contributed by atoms with Gasteiger partial charge in [0.05, 0.1) is 0 Å². The minimum atomic E-state index is -0.876. The van der Waals surface area contributed by atoms with E-state index in [1.54, 1.807) is 17.0 Å². The Labute approximate surface area is 105 Å². The maximum atomic E-state index is 10.7. The molecule has 0 unspecified atom stereocenters. The predicted molar refractivity (Wildman–Crippen MR) is 69.6 cm³/mol. The topological polar surface area (TPSA) is 58.4 Å². The zero-order chi connectivity index (χ0) is 13.1. The molecule has 1 N–H and O–H groups in total. The maximum absolute atomic E-state index is 10.7. The Morgan fingerprint density at radius 1 is 1.33 bits per heavy atom. The van der Waals surface area contributed by atoms with E-state index >= 15 is 0 Å². The Kier molecular flexibility index (Phi) is 3.32. The fourth-order valence-electron chi connectivity index (χ4n) is 1.75. The third-order valence-electron chi connectivity index (χ3n) is 2.66. The van der Waals surface area contributed by atoms with Crippen LogP contribution in [0.2, 0.25) is 0 Å². The molecule has 1 aromatic heterocycles. The minimum Gasteiger partial charge on any atom is -0.480 e. The van der Waals surface area contributed by atoms with E-state index in [1.807, 2.05) is 43.3 Å². The standard InChI is InChI=1S/C13H15N3O2/c1-15(2)11-5-3-10(4-6-11)13-14-7-8-16(13)9-12(17)18/h3-8H,9H2,1-2H3,(H,17,18). The van der Waals surface area contributed by atoms with Crippen LogP contribution in [-0.2, 0) is 11.3 Å². The highest BCUT2D eigenvalue weighted by atomic mass is 16.4. The van der Waals surface area contributed by atoms with E-state index in [0.717, 1.165) is 11.3 Å². The third-order valence-corrected chi connectivity index (χ3v) is 2.66. The lowest BCUT2D eigenvalue weighted by Crippen LogP contribution is -2.10. The molecule has 0 radical (unpaired) electrons. The highest BCUT2D eigenvalue weighted by Crippen LogP contribution is 2.21. The van der Waals surface area contributed by atoms with Crippen LogP contribution in [0.25, 0.3) is 11.4 Å². The van der Waals surface area contributed by atoms with Gasteiger partial charge in [0.1, 0.15) is 12.4 Å². The van der Waals surface area contributed by atoms with Gasteiger partial charge in [-0.05, 0) is 24.3 Å². The molecule has 0 saturated carbocycles. The number of hydrogen-bond acceptors (Lipinski definition) is 3. The molecule has 18 heavy (non-hydrogen) atoms. The number of imidazole rings is 1. The molecule has 0 bridgehead atoms. The van der Waals surface area contributed by atoms with Crippen molar-refractivity contribution in [1.82, 2.24) is 9.55 Å². The Bertz CT molecular complexity index is 544. The van der Waals surface area contributed by atoms with Crippen molar-refractivity contribution in [1.29, 1.82) is 0 Å². The Balaban J connectivity index is 2.31. The van der Waals surface area contributed by atoms with E-state index in [9.17, 15) is 4.79 Å². The van der Waals surface area contributed by atoms with Crippen molar-refractivity contribution in [2.75, 3.05) is 19.0 Å². The molecule has 2 aromatic rings. The summed E-state index contributed by atoms with van der Waals surface area (Å²) in [6.45, 7) is -0.0786. The van der Waals surface area contributed by atoms with Gasteiger partial charge in [-0.25, -0.2) is 4.98 Å². The van der Waals surface area contributed by atoms with Crippen LogP contribution < -0.4 is 4.90 Å². The number of carboxylic acid groups (broad SMARTS) is 1. The molecule has 1 aromatic carbocycles. The molecule has 0 fully saturated rings. The third kappa shape index (κ3) is 2.51. The van der Waals surface area contributed by atoms with Crippen LogP contribution in [0.5, 0.6) is 0 Å². The highest BCUT2D eigenvalue weighted by Gasteiger charge is 2.08. The van der Waals surface area contributed by atoms with E-state index in [0.29, 0.717) is 5.82 Å². The van der Waals surface area contributed by atoms with E-state index in [-0.39, 0.29) is 6.54 Å². The van der Waals surface area contributed by atoms with Crippen molar-refractivity contribution in [2.24, 2.45) is 0 Å².